The monoisotopic (exact) mass is 266 g/mol. The van der Waals surface area contributed by atoms with Crippen molar-refractivity contribution in [2.45, 2.75) is 25.3 Å². The third-order valence-corrected chi connectivity index (χ3v) is 2.42. The topological polar surface area (TPSA) is 34.1 Å². The molecule has 0 radical (unpaired) electrons. The van der Waals surface area contributed by atoms with Crippen LogP contribution in [0.1, 0.15) is 18.5 Å². The van der Waals surface area contributed by atoms with Crippen LogP contribution >= 0.6 is 0 Å². The van der Waals surface area contributed by atoms with Gasteiger partial charge in [0, 0.05) is 18.3 Å². The van der Waals surface area contributed by atoms with E-state index in [1.54, 1.807) is 13.1 Å². The fourth-order valence-electron chi connectivity index (χ4n) is 1.13. The smallest absolute Gasteiger partial charge is 0.340 e. The summed E-state index contributed by atoms with van der Waals surface area (Å²) in [7, 11) is 1.76. The van der Waals surface area contributed by atoms with Gasteiger partial charge in [0.25, 0.3) is 0 Å². The van der Waals surface area contributed by atoms with Crippen LogP contribution in [0.3, 0.4) is 0 Å². The minimum Gasteiger partial charge on any atom is -0.471 e. The van der Waals surface area contributed by atoms with E-state index in [0.717, 1.165) is 5.56 Å². The van der Waals surface area contributed by atoms with E-state index in [0.29, 0.717) is 0 Å². The fourth-order valence-corrected chi connectivity index (χ4v) is 1.13. The van der Waals surface area contributed by atoms with Crippen LogP contribution in [0, 0.1) is 0 Å². The van der Waals surface area contributed by atoms with Crippen LogP contribution in [0.4, 0.5) is 17.6 Å². The molecule has 1 heterocycles. The first-order valence-corrected chi connectivity index (χ1v) is 5.29. The third kappa shape index (κ3) is 3.83. The van der Waals surface area contributed by atoms with Gasteiger partial charge in [0.1, 0.15) is 0 Å². The van der Waals surface area contributed by atoms with Gasteiger partial charge in [-0.2, -0.15) is 8.78 Å². The van der Waals surface area contributed by atoms with E-state index in [9.17, 15) is 17.6 Å². The van der Waals surface area contributed by atoms with Crippen molar-refractivity contribution in [1.82, 2.24) is 10.3 Å². The maximum Gasteiger partial charge on any atom is 0.340 e. The molecule has 1 rings (SSSR count). The molecule has 0 aliphatic carbocycles. The largest absolute Gasteiger partial charge is 0.471 e. The molecule has 0 spiro atoms. The van der Waals surface area contributed by atoms with Crippen molar-refractivity contribution in [3.63, 3.8) is 0 Å². The zero-order valence-corrected chi connectivity index (χ0v) is 9.96. The van der Waals surface area contributed by atoms with Crippen LogP contribution in [0.2, 0.25) is 0 Å². The molecule has 0 saturated heterocycles. The van der Waals surface area contributed by atoms with Crippen molar-refractivity contribution >= 4 is 0 Å². The second-order valence-corrected chi connectivity index (χ2v) is 3.79. The normalized spacial score (nSPS) is 13.7. The standard InChI is InChI=1S/C11H14F4N2O/c1-7(16-2)8-3-4-9(17-5-8)18-6-11(14,15)10(12)13/h3-5,7,10,16H,6H2,1-2H3. The molecule has 1 N–H and O–H groups in total. The van der Waals surface area contributed by atoms with E-state index in [-0.39, 0.29) is 11.9 Å². The van der Waals surface area contributed by atoms with Crippen molar-refractivity contribution in [1.29, 1.82) is 0 Å². The number of hydrogen-bond donors (Lipinski definition) is 1. The van der Waals surface area contributed by atoms with Crippen molar-refractivity contribution in [2.75, 3.05) is 13.7 Å². The SMILES string of the molecule is CNC(C)c1ccc(OCC(F)(F)C(F)F)nc1. The molecule has 0 amide bonds. The number of pyridine rings is 1. The molecule has 18 heavy (non-hydrogen) atoms. The maximum absolute atomic E-state index is 12.6. The summed E-state index contributed by atoms with van der Waals surface area (Å²) in [5.74, 6) is -4.28. The molecule has 1 unspecified atom stereocenters. The van der Waals surface area contributed by atoms with E-state index < -0.39 is 19.0 Å². The second-order valence-electron chi connectivity index (χ2n) is 3.79. The summed E-state index contributed by atoms with van der Waals surface area (Å²) < 4.78 is 53.4. The maximum atomic E-state index is 12.6. The number of aromatic nitrogens is 1. The van der Waals surface area contributed by atoms with Crippen LogP contribution in [0.25, 0.3) is 0 Å². The van der Waals surface area contributed by atoms with Gasteiger partial charge in [0.05, 0.1) is 0 Å². The van der Waals surface area contributed by atoms with E-state index in [4.69, 9.17) is 0 Å². The van der Waals surface area contributed by atoms with Crippen LogP contribution in [0.5, 0.6) is 5.88 Å². The average molecular weight is 266 g/mol. The summed E-state index contributed by atoms with van der Waals surface area (Å²) >= 11 is 0. The molecule has 1 aromatic rings. The lowest BCUT2D eigenvalue weighted by molar-refractivity contribution is -0.148. The minimum atomic E-state index is -4.17. The van der Waals surface area contributed by atoms with Gasteiger partial charge >= 0.3 is 12.3 Å². The van der Waals surface area contributed by atoms with Gasteiger partial charge in [-0.1, -0.05) is 6.07 Å². The number of rotatable bonds is 6. The Morgan fingerprint density at radius 1 is 1.39 bits per heavy atom. The summed E-state index contributed by atoms with van der Waals surface area (Å²) in [5, 5.41) is 2.97. The zero-order valence-electron chi connectivity index (χ0n) is 9.96. The van der Waals surface area contributed by atoms with Crippen molar-refractivity contribution in [2.24, 2.45) is 0 Å². The van der Waals surface area contributed by atoms with Crippen LogP contribution in [0.15, 0.2) is 18.3 Å². The summed E-state index contributed by atoms with van der Waals surface area (Å²) in [6.07, 6.45) is -2.31. The van der Waals surface area contributed by atoms with E-state index in [1.807, 2.05) is 6.92 Å². The molecule has 3 nitrogen and oxygen atoms in total. The summed E-state index contributed by atoms with van der Waals surface area (Å²) in [5.41, 5.74) is 0.838. The van der Waals surface area contributed by atoms with Crippen LogP contribution < -0.4 is 10.1 Å². The van der Waals surface area contributed by atoms with E-state index >= 15 is 0 Å². The molecule has 0 aromatic carbocycles. The number of ether oxygens (including phenoxy) is 1. The lowest BCUT2D eigenvalue weighted by Gasteiger charge is -2.16. The van der Waals surface area contributed by atoms with Gasteiger partial charge in [-0.15, -0.1) is 0 Å². The van der Waals surface area contributed by atoms with Gasteiger partial charge in [0.2, 0.25) is 5.88 Å². The zero-order chi connectivity index (χ0) is 13.8. The highest BCUT2D eigenvalue weighted by molar-refractivity contribution is 5.20. The first-order chi connectivity index (χ1) is 8.36. The van der Waals surface area contributed by atoms with Gasteiger partial charge in [-0.3, -0.25) is 0 Å². The molecule has 0 saturated carbocycles. The Morgan fingerprint density at radius 3 is 2.50 bits per heavy atom. The third-order valence-electron chi connectivity index (χ3n) is 2.42. The first-order valence-electron chi connectivity index (χ1n) is 5.29. The molecule has 1 aromatic heterocycles. The molecule has 102 valence electrons. The number of nitrogens with zero attached hydrogens (tertiary/aromatic N) is 1. The van der Waals surface area contributed by atoms with Crippen LogP contribution in [-0.4, -0.2) is 31.0 Å². The molecular weight excluding hydrogens is 252 g/mol. The van der Waals surface area contributed by atoms with Gasteiger partial charge in [-0.25, -0.2) is 13.8 Å². The molecule has 0 aliphatic rings. The predicted octanol–water partition coefficient (Wildman–Crippen LogP) is 2.64. The number of halogens is 4. The Balaban J connectivity index is 2.59. The Morgan fingerprint density at radius 2 is 2.06 bits per heavy atom. The summed E-state index contributed by atoms with van der Waals surface area (Å²) in [4.78, 5) is 3.77. The van der Waals surface area contributed by atoms with Crippen molar-refractivity contribution < 1.29 is 22.3 Å². The highest BCUT2D eigenvalue weighted by atomic mass is 19.3. The average Bonchev–Trinajstić information content (AvgIpc) is 2.36. The Bertz CT molecular complexity index is 370. The van der Waals surface area contributed by atoms with Crippen molar-refractivity contribution in [3.05, 3.63) is 23.9 Å². The Kier molecular flexibility index (Phi) is 4.89. The molecule has 1 atom stereocenters. The highest BCUT2D eigenvalue weighted by Gasteiger charge is 2.41. The predicted molar refractivity (Wildman–Crippen MR) is 58.2 cm³/mol. The summed E-state index contributed by atoms with van der Waals surface area (Å²) in [6.45, 7) is 0.501. The van der Waals surface area contributed by atoms with Gasteiger partial charge in [-0.05, 0) is 19.5 Å². The number of hydrogen-bond acceptors (Lipinski definition) is 3. The Hall–Kier alpha value is -1.37. The van der Waals surface area contributed by atoms with Crippen molar-refractivity contribution in [3.8, 4) is 5.88 Å². The number of nitrogens with one attached hydrogen (secondary N) is 1. The Labute approximate surface area is 102 Å². The molecule has 0 fully saturated rings. The minimum absolute atomic E-state index is 0.0501. The molecule has 7 heteroatoms. The highest BCUT2D eigenvalue weighted by Crippen LogP contribution is 2.24. The molecular formula is C11H14F4N2O. The van der Waals surface area contributed by atoms with E-state index in [1.165, 1.54) is 12.3 Å². The van der Waals surface area contributed by atoms with Crippen LogP contribution in [-0.2, 0) is 0 Å². The number of alkyl halides is 4. The van der Waals surface area contributed by atoms with E-state index in [2.05, 4.69) is 15.0 Å². The molecule has 0 bridgehead atoms. The second kappa shape index (κ2) is 5.99. The summed E-state index contributed by atoms with van der Waals surface area (Å²) in [6, 6.07) is 3.04. The van der Waals surface area contributed by atoms with Gasteiger partial charge < -0.3 is 10.1 Å². The fraction of sp³-hybridized carbons (Fsp3) is 0.545. The lowest BCUT2D eigenvalue weighted by Crippen LogP contribution is -2.33. The first kappa shape index (κ1) is 14.7. The van der Waals surface area contributed by atoms with Gasteiger partial charge in [0.15, 0.2) is 6.61 Å². The molecule has 0 aliphatic heterocycles. The lowest BCUT2D eigenvalue weighted by atomic mass is 10.1. The quantitative estimate of drug-likeness (QED) is 0.804.